The number of carbonyl (C=O) groups is 1. The minimum Gasteiger partial charge on any atom is -0.459 e. The first-order valence-corrected chi connectivity index (χ1v) is 5.08. The first-order valence-electron chi connectivity index (χ1n) is 5.08. The molecule has 1 atom stereocenters. The highest BCUT2D eigenvalue weighted by Crippen LogP contribution is 2.02. The van der Waals surface area contributed by atoms with Crippen molar-refractivity contribution < 1.29 is 19.0 Å². The van der Waals surface area contributed by atoms with E-state index >= 15 is 0 Å². The van der Waals surface area contributed by atoms with E-state index < -0.39 is 0 Å². The molecule has 1 aromatic rings. The Labute approximate surface area is 94.9 Å². The minimum absolute atomic E-state index is 0.220. The van der Waals surface area contributed by atoms with Gasteiger partial charge >= 0.3 is 5.97 Å². The summed E-state index contributed by atoms with van der Waals surface area (Å²) in [6.45, 7) is 2.32. The van der Waals surface area contributed by atoms with Gasteiger partial charge in [0.05, 0.1) is 6.61 Å². The van der Waals surface area contributed by atoms with E-state index in [1.54, 1.807) is 44.0 Å². The maximum absolute atomic E-state index is 11.5. The molecule has 0 saturated heterocycles. The number of rotatable bonds is 6. The van der Waals surface area contributed by atoms with Crippen LogP contribution in [0.5, 0.6) is 0 Å². The lowest BCUT2D eigenvalue weighted by atomic mass is 10.4. The van der Waals surface area contributed by atoms with Crippen molar-refractivity contribution in [2.45, 2.75) is 13.2 Å². The van der Waals surface area contributed by atoms with Crippen LogP contribution < -0.4 is 0 Å². The first-order chi connectivity index (χ1) is 7.65. The average Bonchev–Trinajstić information content (AvgIpc) is 2.70. The molecule has 5 heteroatoms. The highest BCUT2D eigenvalue weighted by Gasteiger charge is 2.09. The fourth-order valence-corrected chi connectivity index (χ4v) is 1.16. The second-order valence-electron chi connectivity index (χ2n) is 3.31. The predicted octanol–water partition coefficient (Wildman–Crippen LogP) is 1.19. The molecule has 0 fully saturated rings. The minimum atomic E-state index is -0.346. The Morgan fingerprint density at radius 3 is 2.81 bits per heavy atom. The molecule has 0 radical (unpaired) electrons. The monoisotopic (exact) mass is 227 g/mol. The summed E-state index contributed by atoms with van der Waals surface area (Å²) in [6, 6.07) is 3.50. The van der Waals surface area contributed by atoms with Crippen LogP contribution in [0.4, 0.5) is 0 Å². The van der Waals surface area contributed by atoms with Crippen LogP contribution in [0.1, 0.15) is 17.4 Å². The summed E-state index contributed by atoms with van der Waals surface area (Å²) in [7, 11) is 3.35. The fourth-order valence-electron chi connectivity index (χ4n) is 1.16. The molecule has 0 aliphatic heterocycles. The molecule has 1 unspecified atom stereocenters. The van der Waals surface area contributed by atoms with Crippen molar-refractivity contribution in [1.29, 1.82) is 0 Å². The van der Waals surface area contributed by atoms with E-state index in [9.17, 15) is 4.79 Å². The number of hydrogen-bond donors (Lipinski definition) is 0. The van der Waals surface area contributed by atoms with Crippen LogP contribution in [-0.2, 0) is 21.3 Å². The summed E-state index contributed by atoms with van der Waals surface area (Å²) < 4.78 is 16.8. The van der Waals surface area contributed by atoms with E-state index in [0.29, 0.717) is 12.3 Å². The molecule has 0 N–H and O–H groups in total. The van der Waals surface area contributed by atoms with E-state index in [2.05, 4.69) is 0 Å². The highest BCUT2D eigenvalue weighted by molar-refractivity contribution is 5.87. The number of ether oxygens (including phenoxy) is 3. The average molecular weight is 227 g/mol. The maximum Gasteiger partial charge on any atom is 0.355 e. The second kappa shape index (κ2) is 6.30. The van der Waals surface area contributed by atoms with Gasteiger partial charge in [-0.1, -0.05) is 0 Å². The van der Waals surface area contributed by atoms with Gasteiger partial charge in [-0.2, -0.15) is 0 Å². The zero-order valence-corrected chi connectivity index (χ0v) is 9.80. The Hall–Kier alpha value is -1.33. The van der Waals surface area contributed by atoms with Gasteiger partial charge in [0.25, 0.3) is 0 Å². The molecule has 16 heavy (non-hydrogen) atoms. The lowest BCUT2D eigenvalue weighted by Gasteiger charge is -2.11. The third-order valence-corrected chi connectivity index (χ3v) is 2.15. The zero-order chi connectivity index (χ0) is 12.0. The van der Waals surface area contributed by atoms with Crippen LogP contribution in [0.2, 0.25) is 0 Å². The lowest BCUT2D eigenvalue weighted by molar-refractivity contribution is -0.118. The number of aromatic nitrogens is 1. The van der Waals surface area contributed by atoms with Crippen molar-refractivity contribution in [3.8, 4) is 0 Å². The van der Waals surface area contributed by atoms with Crippen LogP contribution >= 0.6 is 0 Å². The van der Waals surface area contributed by atoms with Gasteiger partial charge < -0.3 is 18.8 Å². The molecule has 0 spiro atoms. The molecule has 5 nitrogen and oxygen atoms in total. The van der Waals surface area contributed by atoms with Crippen LogP contribution in [0.25, 0.3) is 0 Å². The van der Waals surface area contributed by atoms with Gasteiger partial charge in [0.2, 0.25) is 0 Å². The summed E-state index contributed by atoms with van der Waals surface area (Å²) in [4.78, 5) is 11.5. The second-order valence-corrected chi connectivity index (χ2v) is 3.31. The molecule has 1 rings (SSSR count). The van der Waals surface area contributed by atoms with E-state index in [4.69, 9.17) is 14.2 Å². The number of esters is 1. The van der Waals surface area contributed by atoms with Crippen molar-refractivity contribution >= 4 is 5.97 Å². The van der Waals surface area contributed by atoms with Gasteiger partial charge in [0.1, 0.15) is 12.3 Å². The van der Waals surface area contributed by atoms with Crippen LogP contribution in [-0.4, -0.2) is 37.1 Å². The summed E-state index contributed by atoms with van der Waals surface area (Å²) in [5, 5.41) is 0. The number of nitrogens with zero attached hydrogens (tertiary/aromatic N) is 1. The normalized spacial score (nSPS) is 12.4. The molecule has 0 aromatic carbocycles. The summed E-state index contributed by atoms with van der Waals surface area (Å²) in [6.07, 6.45) is 1.51. The molecule has 0 saturated carbocycles. The lowest BCUT2D eigenvalue weighted by Crippen LogP contribution is -2.17. The molecular formula is C11H17NO4. The Bertz CT molecular complexity index is 334. The van der Waals surface area contributed by atoms with Crippen LogP contribution in [0.3, 0.4) is 0 Å². The van der Waals surface area contributed by atoms with Gasteiger partial charge in [-0.25, -0.2) is 4.79 Å². The smallest absolute Gasteiger partial charge is 0.355 e. The Kier molecular flexibility index (Phi) is 5.01. The third kappa shape index (κ3) is 3.67. The van der Waals surface area contributed by atoms with Crippen LogP contribution in [0.15, 0.2) is 18.3 Å². The summed E-state index contributed by atoms with van der Waals surface area (Å²) in [5.41, 5.74) is 0.528. The quantitative estimate of drug-likeness (QED) is 0.416. The molecule has 0 aliphatic rings. The molecule has 0 aliphatic carbocycles. The van der Waals surface area contributed by atoms with Gasteiger partial charge in [-0.3, -0.25) is 0 Å². The Morgan fingerprint density at radius 1 is 1.50 bits per heavy atom. The number of aryl methyl sites for hydroxylation is 1. The highest BCUT2D eigenvalue weighted by atomic mass is 16.7. The largest absolute Gasteiger partial charge is 0.459 e. The standard InChI is InChI=1S/C11H17NO4/c1-9(14-3)15-7-8-16-11(13)10-5-4-6-12(10)2/h4-6,9H,7-8H2,1-3H3. The SMILES string of the molecule is COC(C)OCCOC(=O)c1cccn1C. The van der Waals surface area contributed by atoms with Gasteiger partial charge in [-0.05, 0) is 19.1 Å². The Balaban J connectivity index is 2.24. The molecule has 90 valence electrons. The molecule has 0 amide bonds. The molecule has 1 heterocycles. The van der Waals surface area contributed by atoms with E-state index in [1.165, 1.54) is 0 Å². The van der Waals surface area contributed by atoms with Crippen molar-refractivity contribution in [3.05, 3.63) is 24.0 Å². The van der Waals surface area contributed by atoms with E-state index in [1.807, 2.05) is 0 Å². The molecular weight excluding hydrogens is 210 g/mol. The van der Waals surface area contributed by atoms with Crippen molar-refractivity contribution in [3.63, 3.8) is 0 Å². The zero-order valence-electron chi connectivity index (χ0n) is 9.80. The Morgan fingerprint density at radius 2 is 2.25 bits per heavy atom. The topological polar surface area (TPSA) is 49.7 Å². The first kappa shape index (κ1) is 12.7. The van der Waals surface area contributed by atoms with Crippen molar-refractivity contribution in [2.24, 2.45) is 7.05 Å². The van der Waals surface area contributed by atoms with Gasteiger partial charge in [0, 0.05) is 20.4 Å². The van der Waals surface area contributed by atoms with Gasteiger partial charge in [0.15, 0.2) is 6.29 Å². The fraction of sp³-hybridized carbons (Fsp3) is 0.545. The van der Waals surface area contributed by atoms with Crippen molar-refractivity contribution in [1.82, 2.24) is 4.57 Å². The van der Waals surface area contributed by atoms with Crippen LogP contribution in [0, 0.1) is 0 Å². The maximum atomic E-state index is 11.5. The van der Waals surface area contributed by atoms with Crippen molar-refractivity contribution in [2.75, 3.05) is 20.3 Å². The van der Waals surface area contributed by atoms with Gasteiger partial charge in [-0.15, -0.1) is 0 Å². The molecule has 1 aromatic heterocycles. The third-order valence-electron chi connectivity index (χ3n) is 2.15. The number of carbonyl (C=O) groups excluding carboxylic acids is 1. The summed E-state index contributed by atoms with van der Waals surface area (Å²) >= 11 is 0. The number of hydrogen-bond acceptors (Lipinski definition) is 4. The summed E-state index contributed by atoms with van der Waals surface area (Å²) in [5.74, 6) is -0.346. The van der Waals surface area contributed by atoms with E-state index in [-0.39, 0.29) is 18.9 Å². The van der Waals surface area contributed by atoms with E-state index in [0.717, 1.165) is 0 Å². The number of methoxy groups -OCH3 is 1. The molecule has 0 bridgehead atoms. The predicted molar refractivity (Wildman–Crippen MR) is 58.1 cm³/mol.